The zero-order valence-electron chi connectivity index (χ0n) is 14.0. The normalized spacial score (nSPS) is 23.0. The van der Waals surface area contributed by atoms with Gasteiger partial charge in [-0.15, -0.1) is 0 Å². The first kappa shape index (κ1) is 16.0. The molecule has 126 valence electrons. The summed E-state index contributed by atoms with van der Waals surface area (Å²) < 4.78 is 2.13. The molecule has 6 heteroatoms. The Bertz CT molecular complexity index is 602. The van der Waals surface area contributed by atoms with E-state index in [0.29, 0.717) is 0 Å². The predicted octanol–water partition coefficient (Wildman–Crippen LogP) is 1.46. The summed E-state index contributed by atoms with van der Waals surface area (Å²) in [6.45, 7) is 4.25. The van der Waals surface area contributed by atoms with Gasteiger partial charge in [-0.05, 0) is 26.2 Å². The maximum Gasteiger partial charge on any atom is 0.246 e. The molecule has 2 amide bonds. The Morgan fingerprint density at radius 3 is 2.74 bits per heavy atom. The molecule has 0 bridgehead atoms. The first-order valence-electron chi connectivity index (χ1n) is 8.61. The number of carbonyl (C=O) groups is 2. The summed E-state index contributed by atoms with van der Waals surface area (Å²) >= 11 is 0. The van der Waals surface area contributed by atoms with Gasteiger partial charge in [-0.3, -0.25) is 9.59 Å². The van der Waals surface area contributed by atoms with Crippen LogP contribution in [0.15, 0.2) is 6.20 Å². The molecule has 0 saturated heterocycles. The van der Waals surface area contributed by atoms with Crippen molar-refractivity contribution in [3.05, 3.63) is 17.7 Å². The molecular formula is C17H26N4O2. The van der Waals surface area contributed by atoms with Crippen LogP contribution in [0.1, 0.15) is 57.0 Å². The lowest BCUT2D eigenvalue weighted by Crippen LogP contribution is -2.61. The second kappa shape index (κ2) is 6.34. The van der Waals surface area contributed by atoms with Crippen LogP contribution in [0.25, 0.3) is 0 Å². The number of fused-ring (bicyclic) bond motifs is 1. The number of imidazole rings is 1. The van der Waals surface area contributed by atoms with Crippen molar-refractivity contribution in [2.75, 3.05) is 0 Å². The molecule has 0 radical (unpaired) electrons. The first-order chi connectivity index (χ1) is 11.0. The van der Waals surface area contributed by atoms with Gasteiger partial charge in [0.15, 0.2) is 0 Å². The fourth-order valence-corrected chi connectivity index (χ4v) is 3.93. The van der Waals surface area contributed by atoms with Crippen molar-refractivity contribution in [3.63, 3.8) is 0 Å². The molecular weight excluding hydrogens is 292 g/mol. The van der Waals surface area contributed by atoms with Gasteiger partial charge in [-0.1, -0.05) is 19.3 Å². The topological polar surface area (TPSA) is 76.0 Å². The van der Waals surface area contributed by atoms with Crippen LogP contribution >= 0.6 is 0 Å². The predicted molar refractivity (Wildman–Crippen MR) is 86.8 cm³/mol. The molecule has 0 aromatic carbocycles. The number of aryl methyl sites for hydroxylation is 2. The largest absolute Gasteiger partial charge is 0.350 e. The van der Waals surface area contributed by atoms with E-state index in [1.54, 1.807) is 0 Å². The van der Waals surface area contributed by atoms with Crippen LogP contribution in [-0.4, -0.2) is 32.9 Å². The van der Waals surface area contributed by atoms with E-state index in [4.69, 9.17) is 0 Å². The van der Waals surface area contributed by atoms with Crippen LogP contribution in [0.4, 0.5) is 0 Å². The lowest BCUT2D eigenvalue weighted by Gasteiger charge is -2.38. The van der Waals surface area contributed by atoms with Crippen molar-refractivity contribution in [3.8, 4) is 0 Å². The summed E-state index contributed by atoms with van der Waals surface area (Å²) in [5.41, 5.74) is 0.309. The van der Waals surface area contributed by atoms with Gasteiger partial charge in [0, 0.05) is 32.1 Å². The number of nitrogens with one attached hydrogen (secondary N) is 2. The quantitative estimate of drug-likeness (QED) is 0.886. The van der Waals surface area contributed by atoms with Crippen molar-refractivity contribution < 1.29 is 9.59 Å². The Balaban J connectivity index is 1.68. The SMILES string of the molecule is CC(=O)NC1(C(=O)N[C@H]2CCc3nc(C)cn3C2)CCCCC1. The Morgan fingerprint density at radius 1 is 1.30 bits per heavy atom. The molecule has 1 aromatic heterocycles. The highest BCUT2D eigenvalue weighted by molar-refractivity contribution is 5.91. The van der Waals surface area contributed by atoms with Crippen LogP contribution < -0.4 is 10.6 Å². The molecule has 6 nitrogen and oxygen atoms in total. The van der Waals surface area contributed by atoms with E-state index in [2.05, 4.69) is 20.2 Å². The van der Waals surface area contributed by atoms with Gasteiger partial charge in [0.1, 0.15) is 11.4 Å². The molecule has 3 rings (SSSR count). The van der Waals surface area contributed by atoms with Crippen molar-refractivity contribution in [2.24, 2.45) is 0 Å². The third-order valence-electron chi connectivity index (χ3n) is 5.01. The summed E-state index contributed by atoms with van der Waals surface area (Å²) in [5.74, 6) is 0.957. The number of rotatable bonds is 3. The molecule has 1 aliphatic carbocycles. The van der Waals surface area contributed by atoms with E-state index in [-0.39, 0.29) is 17.9 Å². The highest BCUT2D eigenvalue weighted by Crippen LogP contribution is 2.29. The molecule has 23 heavy (non-hydrogen) atoms. The van der Waals surface area contributed by atoms with E-state index in [0.717, 1.165) is 63.0 Å². The molecule has 2 aliphatic rings. The zero-order valence-corrected chi connectivity index (χ0v) is 14.0. The Morgan fingerprint density at radius 2 is 2.04 bits per heavy atom. The number of hydrogen-bond acceptors (Lipinski definition) is 3. The smallest absolute Gasteiger partial charge is 0.246 e. The Kier molecular flexibility index (Phi) is 4.41. The average molecular weight is 318 g/mol. The van der Waals surface area contributed by atoms with Crippen molar-refractivity contribution in [1.82, 2.24) is 20.2 Å². The molecule has 1 fully saturated rings. The van der Waals surface area contributed by atoms with E-state index in [9.17, 15) is 9.59 Å². The molecule has 1 saturated carbocycles. The zero-order chi connectivity index (χ0) is 16.4. The second-order valence-corrected chi connectivity index (χ2v) is 6.98. The van der Waals surface area contributed by atoms with E-state index in [1.807, 2.05) is 13.1 Å². The summed E-state index contributed by atoms with van der Waals surface area (Å²) in [5, 5.41) is 6.12. The molecule has 0 unspecified atom stereocenters. The molecule has 1 aliphatic heterocycles. The number of hydrogen-bond donors (Lipinski definition) is 2. The minimum Gasteiger partial charge on any atom is -0.350 e. The second-order valence-electron chi connectivity index (χ2n) is 6.98. The molecule has 1 atom stereocenters. The fraction of sp³-hybridized carbons (Fsp3) is 0.706. The molecule has 2 heterocycles. The molecule has 2 N–H and O–H groups in total. The minimum absolute atomic E-state index is 0.0160. The maximum atomic E-state index is 12.9. The molecule has 1 aromatic rings. The van der Waals surface area contributed by atoms with Gasteiger partial charge in [0.25, 0.3) is 0 Å². The minimum atomic E-state index is -0.713. The van der Waals surface area contributed by atoms with Gasteiger partial charge >= 0.3 is 0 Å². The highest BCUT2D eigenvalue weighted by atomic mass is 16.2. The van der Waals surface area contributed by atoms with Gasteiger partial charge in [0.05, 0.1) is 5.69 Å². The van der Waals surface area contributed by atoms with Crippen molar-refractivity contribution >= 4 is 11.8 Å². The first-order valence-corrected chi connectivity index (χ1v) is 8.61. The van der Waals surface area contributed by atoms with Gasteiger partial charge in [-0.25, -0.2) is 4.98 Å². The van der Waals surface area contributed by atoms with E-state index < -0.39 is 5.54 Å². The number of aromatic nitrogens is 2. The van der Waals surface area contributed by atoms with Gasteiger partial charge in [-0.2, -0.15) is 0 Å². The fourth-order valence-electron chi connectivity index (χ4n) is 3.93. The highest BCUT2D eigenvalue weighted by Gasteiger charge is 2.41. The van der Waals surface area contributed by atoms with Crippen LogP contribution in [0.3, 0.4) is 0 Å². The van der Waals surface area contributed by atoms with E-state index in [1.165, 1.54) is 6.92 Å². The monoisotopic (exact) mass is 318 g/mol. The van der Waals surface area contributed by atoms with Crippen LogP contribution in [0.5, 0.6) is 0 Å². The van der Waals surface area contributed by atoms with Gasteiger partial charge in [0.2, 0.25) is 11.8 Å². The van der Waals surface area contributed by atoms with Gasteiger partial charge < -0.3 is 15.2 Å². The van der Waals surface area contributed by atoms with Crippen LogP contribution in [0.2, 0.25) is 0 Å². The number of amides is 2. The number of nitrogens with zero attached hydrogens (tertiary/aromatic N) is 2. The third-order valence-corrected chi connectivity index (χ3v) is 5.01. The lowest BCUT2D eigenvalue weighted by atomic mass is 9.80. The Hall–Kier alpha value is -1.85. The summed E-state index contributed by atoms with van der Waals surface area (Å²) in [6, 6.07) is 0.108. The van der Waals surface area contributed by atoms with E-state index >= 15 is 0 Å². The Labute approximate surface area is 137 Å². The van der Waals surface area contributed by atoms with Crippen molar-refractivity contribution in [2.45, 2.75) is 76.9 Å². The third kappa shape index (κ3) is 3.41. The number of carbonyl (C=O) groups excluding carboxylic acids is 2. The summed E-state index contributed by atoms with van der Waals surface area (Å²) in [7, 11) is 0. The maximum absolute atomic E-state index is 12.9. The summed E-state index contributed by atoms with van der Waals surface area (Å²) in [4.78, 5) is 29.0. The van der Waals surface area contributed by atoms with Crippen LogP contribution in [-0.2, 0) is 22.6 Å². The molecule has 0 spiro atoms. The van der Waals surface area contributed by atoms with Crippen molar-refractivity contribution in [1.29, 1.82) is 0 Å². The van der Waals surface area contributed by atoms with Crippen LogP contribution in [0, 0.1) is 6.92 Å². The average Bonchev–Trinajstić information content (AvgIpc) is 2.86. The standard InChI is InChI=1S/C17H26N4O2/c1-12-10-21-11-14(6-7-15(21)18-12)19-16(23)17(20-13(2)22)8-4-3-5-9-17/h10,14H,3-9,11H2,1-2H3,(H,19,23)(H,20,22)/t14-/m0/s1. The lowest BCUT2D eigenvalue weighted by molar-refractivity contribution is -0.135. The summed E-state index contributed by atoms with van der Waals surface area (Å²) in [6.07, 6.45) is 8.41.